The molecule has 1 saturated heterocycles. The molecule has 1 rings (SSSR count). The molecule has 0 aromatic rings. The van der Waals surface area contributed by atoms with Crippen LogP contribution in [0.15, 0.2) is 0 Å². The van der Waals surface area contributed by atoms with Crippen LogP contribution in [-0.2, 0) is 0 Å². The van der Waals surface area contributed by atoms with E-state index in [4.69, 9.17) is 5.11 Å². The second-order valence-electron chi connectivity index (χ2n) is 3.21. The molecule has 2 N–H and O–H groups in total. The summed E-state index contributed by atoms with van der Waals surface area (Å²) in [4.78, 5) is 0. The maximum atomic E-state index is 8.56. The first-order valence-corrected chi connectivity index (χ1v) is 4.20. The fourth-order valence-corrected chi connectivity index (χ4v) is 1.59. The molecule has 1 heterocycles. The van der Waals surface area contributed by atoms with E-state index in [1.807, 2.05) is 0 Å². The zero-order valence-corrected chi connectivity index (χ0v) is 6.64. The van der Waals surface area contributed by atoms with Crippen molar-refractivity contribution in [1.29, 1.82) is 0 Å². The highest BCUT2D eigenvalue weighted by molar-refractivity contribution is 4.79. The van der Waals surface area contributed by atoms with Gasteiger partial charge in [-0.25, -0.2) is 0 Å². The zero-order valence-electron chi connectivity index (χ0n) is 6.64. The fourth-order valence-electron chi connectivity index (χ4n) is 1.59. The van der Waals surface area contributed by atoms with Gasteiger partial charge in [-0.3, -0.25) is 0 Å². The highest BCUT2D eigenvalue weighted by Gasteiger charge is 2.18. The fraction of sp³-hybridized carbons (Fsp3) is 1.00. The molecule has 0 saturated carbocycles. The van der Waals surface area contributed by atoms with Gasteiger partial charge >= 0.3 is 0 Å². The van der Waals surface area contributed by atoms with Gasteiger partial charge < -0.3 is 10.4 Å². The van der Waals surface area contributed by atoms with Gasteiger partial charge in [-0.15, -0.1) is 0 Å². The molecule has 0 aromatic carbocycles. The van der Waals surface area contributed by atoms with Crippen molar-refractivity contribution in [3.05, 3.63) is 0 Å². The normalized spacial score (nSPS) is 33.0. The molecule has 0 unspecified atom stereocenters. The van der Waals surface area contributed by atoms with Crippen molar-refractivity contribution >= 4 is 0 Å². The lowest BCUT2D eigenvalue weighted by Gasteiger charge is -2.09. The van der Waals surface area contributed by atoms with E-state index in [9.17, 15) is 0 Å². The number of aliphatic hydroxyl groups excluding tert-OH is 1. The van der Waals surface area contributed by atoms with Crippen molar-refractivity contribution < 1.29 is 5.11 Å². The van der Waals surface area contributed by atoms with E-state index < -0.39 is 0 Å². The number of hydrogen-bond donors (Lipinski definition) is 2. The van der Waals surface area contributed by atoms with Crippen molar-refractivity contribution in [2.75, 3.05) is 6.61 Å². The van der Waals surface area contributed by atoms with E-state index in [0.717, 1.165) is 12.8 Å². The Morgan fingerprint density at radius 3 is 2.80 bits per heavy atom. The molecule has 10 heavy (non-hydrogen) atoms. The van der Waals surface area contributed by atoms with E-state index >= 15 is 0 Å². The first kappa shape index (κ1) is 8.02. The molecule has 0 amide bonds. The van der Waals surface area contributed by atoms with Crippen LogP contribution in [0.25, 0.3) is 0 Å². The molecule has 1 aliphatic rings. The highest BCUT2D eigenvalue weighted by Crippen LogP contribution is 2.15. The van der Waals surface area contributed by atoms with Crippen molar-refractivity contribution in [1.82, 2.24) is 5.32 Å². The van der Waals surface area contributed by atoms with Crippen molar-refractivity contribution in [3.8, 4) is 0 Å². The van der Waals surface area contributed by atoms with Gasteiger partial charge in [-0.2, -0.15) is 0 Å². The van der Waals surface area contributed by atoms with E-state index in [0.29, 0.717) is 18.7 Å². The quantitative estimate of drug-likeness (QED) is 0.615. The second kappa shape index (κ2) is 3.94. The SMILES string of the molecule is C[C@H]1CC[C@@H](CCCO)N1. The number of hydrogen-bond acceptors (Lipinski definition) is 2. The minimum atomic E-state index is 0.340. The predicted molar refractivity (Wildman–Crippen MR) is 41.9 cm³/mol. The Kier molecular flexibility index (Phi) is 3.16. The van der Waals surface area contributed by atoms with Crippen LogP contribution in [0.4, 0.5) is 0 Å². The van der Waals surface area contributed by atoms with E-state index in [1.165, 1.54) is 12.8 Å². The highest BCUT2D eigenvalue weighted by atomic mass is 16.2. The van der Waals surface area contributed by atoms with Gasteiger partial charge in [0.05, 0.1) is 0 Å². The van der Waals surface area contributed by atoms with Gasteiger partial charge in [-0.05, 0) is 32.6 Å². The van der Waals surface area contributed by atoms with Gasteiger partial charge in [0.25, 0.3) is 0 Å². The molecule has 0 aromatic heterocycles. The average molecular weight is 143 g/mol. The molecule has 0 bridgehead atoms. The third-order valence-electron chi connectivity index (χ3n) is 2.18. The van der Waals surface area contributed by atoms with E-state index in [1.54, 1.807) is 0 Å². The van der Waals surface area contributed by atoms with Gasteiger partial charge in [0.1, 0.15) is 0 Å². The Morgan fingerprint density at radius 2 is 2.30 bits per heavy atom. The lowest BCUT2D eigenvalue weighted by molar-refractivity contribution is 0.277. The van der Waals surface area contributed by atoms with E-state index in [2.05, 4.69) is 12.2 Å². The monoisotopic (exact) mass is 143 g/mol. The molecular weight excluding hydrogens is 126 g/mol. The Labute approximate surface area is 62.6 Å². The first-order valence-electron chi connectivity index (χ1n) is 4.20. The summed E-state index contributed by atoms with van der Waals surface area (Å²) in [7, 11) is 0. The molecular formula is C8H17NO. The van der Waals surface area contributed by atoms with Gasteiger partial charge in [0, 0.05) is 18.7 Å². The third kappa shape index (κ3) is 2.27. The van der Waals surface area contributed by atoms with Gasteiger partial charge in [0.15, 0.2) is 0 Å². The van der Waals surface area contributed by atoms with Gasteiger partial charge in [-0.1, -0.05) is 0 Å². The molecule has 0 aliphatic carbocycles. The lowest BCUT2D eigenvalue weighted by Crippen LogP contribution is -2.27. The summed E-state index contributed by atoms with van der Waals surface area (Å²) in [5.41, 5.74) is 0. The van der Waals surface area contributed by atoms with E-state index in [-0.39, 0.29) is 0 Å². The van der Waals surface area contributed by atoms with Gasteiger partial charge in [0.2, 0.25) is 0 Å². The number of rotatable bonds is 3. The Hall–Kier alpha value is -0.0800. The van der Waals surface area contributed by atoms with Crippen LogP contribution in [0.5, 0.6) is 0 Å². The molecule has 60 valence electrons. The second-order valence-corrected chi connectivity index (χ2v) is 3.21. The first-order chi connectivity index (χ1) is 4.83. The summed E-state index contributed by atoms with van der Waals surface area (Å²) in [6.07, 6.45) is 4.68. The van der Waals surface area contributed by atoms with Crippen LogP contribution >= 0.6 is 0 Å². The molecule has 0 radical (unpaired) electrons. The van der Waals surface area contributed by atoms with Crippen molar-refractivity contribution in [2.45, 2.75) is 44.7 Å². The summed E-state index contributed by atoms with van der Waals surface area (Å²) in [6.45, 7) is 2.56. The van der Waals surface area contributed by atoms with Crippen molar-refractivity contribution in [3.63, 3.8) is 0 Å². The minimum absolute atomic E-state index is 0.340. The van der Waals surface area contributed by atoms with Crippen LogP contribution in [0, 0.1) is 0 Å². The van der Waals surface area contributed by atoms with Crippen LogP contribution in [0.1, 0.15) is 32.6 Å². The largest absolute Gasteiger partial charge is 0.396 e. The summed E-state index contributed by atoms with van der Waals surface area (Å²) >= 11 is 0. The summed E-state index contributed by atoms with van der Waals surface area (Å²) in [5, 5.41) is 12.0. The van der Waals surface area contributed by atoms with Crippen LogP contribution in [0.2, 0.25) is 0 Å². The van der Waals surface area contributed by atoms with Crippen LogP contribution in [0.3, 0.4) is 0 Å². The molecule has 1 aliphatic heterocycles. The number of nitrogens with one attached hydrogen (secondary N) is 1. The lowest BCUT2D eigenvalue weighted by atomic mass is 10.1. The summed E-state index contributed by atoms with van der Waals surface area (Å²) in [5.74, 6) is 0. The zero-order chi connectivity index (χ0) is 7.40. The maximum Gasteiger partial charge on any atom is 0.0431 e. The third-order valence-corrected chi connectivity index (χ3v) is 2.18. The standard InChI is InChI=1S/C8H17NO/c1-7-4-5-8(9-7)3-2-6-10/h7-10H,2-6H2,1H3/t7-,8+/m0/s1. The molecule has 2 heteroatoms. The molecule has 0 spiro atoms. The molecule has 2 nitrogen and oxygen atoms in total. The Bertz CT molecular complexity index is 95.3. The summed E-state index contributed by atoms with van der Waals surface area (Å²) in [6, 6.07) is 1.38. The van der Waals surface area contributed by atoms with Crippen LogP contribution in [-0.4, -0.2) is 23.8 Å². The van der Waals surface area contributed by atoms with Crippen LogP contribution < -0.4 is 5.32 Å². The average Bonchev–Trinajstić information content (AvgIpc) is 2.31. The number of aliphatic hydroxyl groups is 1. The van der Waals surface area contributed by atoms with Crippen molar-refractivity contribution in [2.24, 2.45) is 0 Å². The molecule has 2 atom stereocenters. The summed E-state index contributed by atoms with van der Waals surface area (Å²) < 4.78 is 0. The maximum absolute atomic E-state index is 8.56. The topological polar surface area (TPSA) is 32.3 Å². The Balaban J connectivity index is 2.06. The molecule has 1 fully saturated rings. The predicted octanol–water partition coefficient (Wildman–Crippen LogP) is 0.899. The Morgan fingerprint density at radius 1 is 1.50 bits per heavy atom. The smallest absolute Gasteiger partial charge is 0.0431 e. The minimum Gasteiger partial charge on any atom is -0.396 e.